The van der Waals surface area contributed by atoms with Gasteiger partial charge in [0.2, 0.25) is 0 Å². The molecule has 0 radical (unpaired) electrons. The Kier molecular flexibility index (Phi) is 5.32. The molecule has 3 fully saturated rings. The van der Waals surface area contributed by atoms with Gasteiger partial charge < -0.3 is 5.11 Å². The molecule has 3 aliphatic rings. The number of carboxylic acids is 1. The average molecular weight is 377 g/mol. The lowest BCUT2D eigenvalue weighted by atomic mass is 9.38. The Bertz CT molecular complexity index is 609. The maximum absolute atomic E-state index is 13.0. The van der Waals surface area contributed by atoms with Gasteiger partial charge >= 0.3 is 5.97 Å². The molecule has 0 spiro atoms. The maximum Gasteiger partial charge on any atom is 0.306 e. The molecule has 3 aliphatic carbocycles. The van der Waals surface area contributed by atoms with Crippen LogP contribution < -0.4 is 0 Å². The van der Waals surface area contributed by atoms with E-state index in [1.54, 1.807) is 6.92 Å². The average Bonchev–Trinajstić information content (AvgIpc) is 2.56. The molecular formula is C24H40O3. The highest BCUT2D eigenvalue weighted by Gasteiger charge is 2.62. The predicted octanol–water partition coefficient (Wildman–Crippen LogP) is 5.96. The van der Waals surface area contributed by atoms with Crippen LogP contribution in [0.15, 0.2) is 0 Å². The Hall–Kier alpha value is -0.860. The largest absolute Gasteiger partial charge is 0.481 e. The van der Waals surface area contributed by atoms with Crippen molar-refractivity contribution in [3.05, 3.63) is 0 Å². The lowest BCUT2D eigenvalue weighted by Crippen LogP contribution is -2.60. The van der Waals surface area contributed by atoms with Crippen molar-refractivity contribution in [2.45, 2.75) is 92.9 Å². The van der Waals surface area contributed by atoms with Crippen molar-refractivity contribution in [3.8, 4) is 0 Å². The summed E-state index contributed by atoms with van der Waals surface area (Å²) in [5, 5.41) is 9.31. The van der Waals surface area contributed by atoms with E-state index in [0.29, 0.717) is 35.4 Å². The van der Waals surface area contributed by atoms with Crippen LogP contribution >= 0.6 is 0 Å². The summed E-state index contributed by atoms with van der Waals surface area (Å²) in [4.78, 5) is 24.4. The summed E-state index contributed by atoms with van der Waals surface area (Å²) in [6.07, 6.45) is 8.60. The highest BCUT2D eigenvalue weighted by Crippen LogP contribution is 2.69. The predicted molar refractivity (Wildman–Crippen MR) is 108 cm³/mol. The smallest absolute Gasteiger partial charge is 0.306 e. The first-order chi connectivity index (χ1) is 12.4. The maximum atomic E-state index is 13.0. The number of carbonyl (C=O) groups is 2. The lowest BCUT2D eigenvalue weighted by Gasteiger charge is -2.66. The van der Waals surface area contributed by atoms with Crippen LogP contribution in [0.3, 0.4) is 0 Å². The van der Waals surface area contributed by atoms with E-state index in [1.807, 2.05) is 0 Å². The van der Waals surface area contributed by atoms with E-state index in [1.165, 1.54) is 32.1 Å². The Morgan fingerprint density at radius 1 is 1.11 bits per heavy atom. The summed E-state index contributed by atoms with van der Waals surface area (Å²) in [6.45, 7) is 13.7. The summed E-state index contributed by atoms with van der Waals surface area (Å²) < 4.78 is 0. The van der Waals surface area contributed by atoms with Gasteiger partial charge in [-0.2, -0.15) is 0 Å². The van der Waals surface area contributed by atoms with Crippen LogP contribution in [0.25, 0.3) is 0 Å². The number of ketones is 1. The summed E-state index contributed by atoms with van der Waals surface area (Å²) in [7, 11) is 0. The van der Waals surface area contributed by atoms with E-state index in [9.17, 15) is 14.7 Å². The van der Waals surface area contributed by atoms with E-state index >= 15 is 0 Å². The molecule has 3 heteroatoms. The number of aliphatic carboxylic acids is 1. The normalized spacial score (nSPS) is 44.9. The van der Waals surface area contributed by atoms with E-state index in [4.69, 9.17) is 0 Å². The van der Waals surface area contributed by atoms with Crippen molar-refractivity contribution in [1.29, 1.82) is 0 Å². The molecule has 0 aliphatic heterocycles. The monoisotopic (exact) mass is 376 g/mol. The molecule has 1 unspecified atom stereocenters. The van der Waals surface area contributed by atoms with Crippen molar-refractivity contribution in [1.82, 2.24) is 0 Å². The van der Waals surface area contributed by atoms with Gasteiger partial charge in [-0.3, -0.25) is 9.59 Å². The zero-order chi connectivity index (χ0) is 20.2. The van der Waals surface area contributed by atoms with Crippen molar-refractivity contribution in [2.24, 2.45) is 45.8 Å². The Morgan fingerprint density at radius 2 is 1.78 bits per heavy atom. The molecule has 154 valence electrons. The first kappa shape index (κ1) is 20.9. The van der Waals surface area contributed by atoms with E-state index in [0.717, 1.165) is 12.8 Å². The SMILES string of the molecule is CC(CC[C@@H]1[C@H](C)C(=O)C[C@H]2[C@@]1(C)CC[C@H]1C(C)(C)CCC[C@]21C)C(=O)O. The van der Waals surface area contributed by atoms with Gasteiger partial charge in [-0.05, 0) is 72.5 Å². The number of carbonyl (C=O) groups excluding carboxylic acids is 1. The van der Waals surface area contributed by atoms with Crippen LogP contribution in [0.5, 0.6) is 0 Å². The second-order valence-electron chi connectivity index (χ2n) is 11.4. The first-order valence-electron chi connectivity index (χ1n) is 11.2. The fourth-order valence-corrected chi connectivity index (χ4v) is 7.91. The third-order valence-electron chi connectivity index (χ3n) is 9.54. The molecule has 3 nitrogen and oxygen atoms in total. The second kappa shape index (κ2) is 6.88. The van der Waals surface area contributed by atoms with E-state index in [2.05, 4.69) is 34.6 Å². The summed E-state index contributed by atoms with van der Waals surface area (Å²) >= 11 is 0. The van der Waals surface area contributed by atoms with Crippen molar-refractivity contribution < 1.29 is 14.7 Å². The van der Waals surface area contributed by atoms with E-state index in [-0.39, 0.29) is 22.7 Å². The minimum Gasteiger partial charge on any atom is -0.481 e. The number of hydrogen-bond acceptors (Lipinski definition) is 2. The van der Waals surface area contributed by atoms with Gasteiger partial charge in [-0.15, -0.1) is 0 Å². The molecule has 0 saturated heterocycles. The third kappa shape index (κ3) is 3.27. The number of fused-ring (bicyclic) bond motifs is 3. The summed E-state index contributed by atoms with van der Waals surface area (Å²) in [5.41, 5.74) is 0.791. The third-order valence-corrected chi connectivity index (χ3v) is 9.54. The number of Topliss-reactive ketones (excluding diaryl/α,β-unsaturated/α-hetero) is 1. The highest BCUT2D eigenvalue weighted by atomic mass is 16.4. The Labute approximate surface area is 165 Å². The topological polar surface area (TPSA) is 54.4 Å². The fraction of sp³-hybridized carbons (Fsp3) is 0.917. The quantitative estimate of drug-likeness (QED) is 0.658. The minimum atomic E-state index is -0.712. The second-order valence-corrected chi connectivity index (χ2v) is 11.4. The Morgan fingerprint density at radius 3 is 2.41 bits per heavy atom. The molecule has 0 aromatic rings. The summed E-state index contributed by atoms with van der Waals surface area (Å²) in [5.74, 6) is 0.954. The van der Waals surface area contributed by atoms with Crippen LogP contribution in [-0.4, -0.2) is 16.9 Å². The van der Waals surface area contributed by atoms with Gasteiger partial charge in [0.05, 0.1) is 5.92 Å². The van der Waals surface area contributed by atoms with Gasteiger partial charge in [0.1, 0.15) is 5.78 Å². The van der Waals surface area contributed by atoms with Gasteiger partial charge in [0.25, 0.3) is 0 Å². The number of carboxylic acid groups (broad SMARTS) is 1. The molecule has 0 aromatic carbocycles. The highest BCUT2D eigenvalue weighted by molar-refractivity contribution is 5.82. The number of hydrogen-bond donors (Lipinski definition) is 1. The van der Waals surface area contributed by atoms with Crippen molar-refractivity contribution >= 4 is 11.8 Å². The van der Waals surface area contributed by atoms with Crippen LogP contribution in [-0.2, 0) is 9.59 Å². The molecule has 7 atom stereocenters. The van der Waals surface area contributed by atoms with Crippen LogP contribution in [0.2, 0.25) is 0 Å². The zero-order valence-corrected chi connectivity index (χ0v) is 18.3. The van der Waals surface area contributed by atoms with E-state index < -0.39 is 5.97 Å². The lowest BCUT2D eigenvalue weighted by molar-refractivity contribution is -0.180. The number of rotatable bonds is 4. The van der Waals surface area contributed by atoms with Crippen LogP contribution in [0, 0.1) is 45.8 Å². The van der Waals surface area contributed by atoms with Crippen molar-refractivity contribution in [2.75, 3.05) is 0 Å². The summed E-state index contributed by atoms with van der Waals surface area (Å²) in [6, 6.07) is 0. The first-order valence-corrected chi connectivity index (χ1v) is 11.2. The molecule has 1 N–H and O–H groups in total. The molecule has 0 heterocycles. The molecule has 0 amide bonds. The van der Waals surface area contributed by atoms with Gasteiger partial charge in [-0.25, -0.2) is 0 Å². The molecule has 3 rings (SSSR count). The molecule has 0 aromatic heterocycles. The van der Waals surface area contributed by atoms with Crippen molar-refractivity contribution in [3.63, 3.8) is 0 Å². The molecular weight excluding hydrogens is 336 g/mol. The van der Waals surface area contributed by atoms with Gasteiger partial charge in [-0.1, -0.05) is 48.0 Å². The van der Waals surface area contributed by atoms with Gasteiger partial charge in [0, 0.05) is 12.3 Å². The molecule has 0 bridgehead atoms. The molecule has 27 heavy (non-hydrogen) atoms. The Balaban J connectivity index is 1.92. The molecule has 3 saturated carbocycles. The zero-order valence-electron chi connectivity index (χ0n) is 18.3. The van der Waals surface area contributed by atoms with Crippen LogP contribution in [0.4, 0.5) is 0 Å². The van der Waals surface area contributed by atoms with Gasteiger partial charge in [0.15, 0.2) is 0 Å². The fourth-order valence-electron chi connectivity index (χ4n) is 7.91. The standard InChI is InChI=1S/C24H40O3/c1-15(21(26)27)8-9-17-16(2)18(25)14-20-23(17,5)13-10-19-22(3,4)11-7-12-24(19,20)6/h15-17,19-20H,7-14H2,1-6H3,(H,26,27)/t15?,16-,17+,19-,20-,23-,24-/m0/s1. The minimum absolute atomic E-state index is 0.0731. The van der Waals surface area contributed by atoms with Crippen LogP contribution in [0.1, 0.15) is 92.9 Å².